The summed E-state index contributed by atoms with van der Waals surface area (Å²) in [4.78, 5) is 35.4. The maximum Gasteiger partial charge on any atom is 0.319 e. The second-order valence-electron chi connectivity index (χ2n) is 5.82. The van der Waals surface area contributed by atoms with Gasteiger partial charge in [0.2, 0.25) is 5.91 Å². The van der Waals surface area contributed by atoms with E-state index < -0.39 is 5.97 Å². The number of carboxylic acid groups (broad SMARTS) is 1. The molecule has 0 fully saturated rings. The van der Waals surface area contributed by atoms with E-state index in [0.717, 1.165) is 5.56 Å². The van der Waals surface area contributed by atoms with Crippen LogP contribution in [-0.2, 0) is 16.1 Å². The standard InChI is InChI=1S/C17H25N3O4/c1-12(2)20(13(3)21)11-14-6-8-15(9-7-14)19-17(24)18-10-4-5-16(22)23/h6-9,12H,4-5,10-11H2,1-3H3,(H,22,23)(H2,18,19,24). The molecule has 0 spiro atoms. The van der Waals surface area contributed by atoms with Crippen molar-refractivity contribution in [2.24, 2.45) is 0 Å². The lowest BCUT2D eigenvalue weighted by molar-refractivity contribution is -0.137. The highest BCUT2D eigenvalue weighted by molar-refractivity contribution is 5.89. The van der Waals surface area contributed by atoms with Gasteiger partial charge < -0.3 is 20.6 Å². The van der Waals surface area contributed by atoms with Crippen LogP contribution >= 0.6 is 0 Å². The Morgan fingerprint density at radius 2 is 1.79 bits per heavy atom. The minimum absolute atomic E-state index is 0.0212. The van der Waals surface area contributed by atoms with Crippen LogP contribution in [0.3, 0.4) is 0 Å². The van der Waals surface area contributed by atoms with Crippen LogP contribution in [0.25, 0.3) is 0 Å². The quantitative estimate of drug-likeness (QED) is 0.635. The lowest BCUT2D eigenvalue weighted by Crippen LogP contribution is -2.34. The van der Waals surface area contributed by atoms with Gasteiger partial charge in [0, 0.05) is 38.2 Å². The van der Waals surface area contributed by atoms with Crippen LogP contribution in [0.15, 0.2) is 24.3 Å². The van der Waals surface area contributed by atoms with Crippen LogP contribution in [0, 0.1) is 0 Å². The van der Waals surface area contributed by atoms with E-state index in [1.807, 2.05) is 26.0 Å². The highest BCUT2D eigenvalue weighted by atomic mass is 16.4. The molecule has 0 aliphatic heterocycles. The number of aliphatic carboxylic acids is 1. The van der Waals surface area contributed by atoms with Gasteiger partial charge in [-0.05, 0) is 38.0 Å². The number of nitrogens with one attached hydrogen (secondary N) is 2. The third-order valence-corrected chi connectivity index (χ3v) is 3.45. The van der Waals surface area contributed by atoms with Crippen LogP contribution in [0.2, 0.25) is 0 Å². The van der Waals surface area contributed by atoms with Crippen molar-refractivity contribution in [3.05, 3.63) is 29.8 Å². The number of rotatable bonds is 8. The van der Waals surface area contributed by atoms with Crippen LogP contribution in [0.5, 0.6) is 0 Å². The summed E-state index contributed by atoms with van der Waals surface area (Å²) >= 11 is 0. The fourth-order valence-corrected chi connectivity index (χ4v) is 2.16. The molecule has 24 heavy (non-hydrogen) atoms. The van der Waals surface area contributed by atoms with Crippen molar-refractivity contribution in [1.82, 2.24) is 10.2 Å². The van der Waals surface area contributed by atoms with Crippen molar-refractivity contribution in [3.8, 4) is 0 Å². The predicted molar refractivity (Wildman–Crippen MR) is 91.7 cm³/mol. The van der Waals surface area contributed by atoms with E-state index in [9.17, 15) is 14.4 Å². The Balaban J connectivity index is 2.48. The Bertz CT molecular complexity index is 570. The molecular weight excluding hydrogens is 310 g/mol. The molecule has 0 heterocycles. The third-order valence-electron chi connectivity index (χ3n) is 3.45. The van der Waals surface area contributed by atoms with Crippen molar-refractivity contribution in [2.75, 3.05) is 11.9 Å². The predicted octanol–water partition coefficient (Wildman–Crippen LogP) is 2.43. The van der Waals surface area contributed by atoms with Crippen molar-refractivity contribution >= 4 is 23.6 Å². The highest BCUT2D eigenvalue weighted by Gasteiger charge is 2.13. The van der Waals surface area contributed by atoms with E-state index >= 15 is 0 Å². The normalized spacial score (nSPS) is 10.3. The third kappa shape index (κ3) is 7.13. The van der Waals surface area contributed by atoms with Crippen molar-refractivity contribution in [1.29, 1.82) is 0 Å². The monoisotopic (exact) mass is 335 g/mol. The number of benzene rings is 1. The van der Waals surface area contributed by atoms with Gasteiger partial charge in [0.1, 0.15) is 0 Å². The second kappa shape index (κ2) is 9.54. The summed E-state index contributed by atoms with van der Waals surface area (Å²) in [6.07, 6.45) is 0.412. The molecule has 0 unspecified atom stereocenters. The van der Waals surface area contributed by atoms with Crippen LogP contribution in [-0.4, -0.2) is 40.5 Å². The zero-order valence-electron chi connectivity index (χ0n) is 14.3. The van der Waals surface area contributed by atoms with Gasteiger partial charge in [-0.25, -0.2) is 4.79 Å². The Hall–Kier alpha value is -2.57. The Labute approximate surface area is 142 Å². The molecule has 0 aliphatic rings. The molecule has 0 saturated carbocycles. The average Bonchev–Trinajstić information content (AvgIpc) is 2.50. The van der Waals surface area contributed by atoms with Gasteiger partial charge in [-0.1, -0.05) is 12.1 Å². The van der Waals surface area contributed by atoms with E-state index in [4.69, 9.17) is 5.11 Å². The minimum atomic E-state index is -0.881. The summed E-state index contributed by atoms with van der Waals surface area (Å²) in [5.41, 5.74) is 1.61. The van der Waals surface area contributed by atoms with E-state index in [2.05, 4.69) is 10.6 Å². The van der Waals surface area contributed by atoms with Crippen LogP contribution in [0.1, 0.15) is 39.2 Å². The van der Waals surface area contributed by atoms with Crippen LogP contribution in [0.4, 0.5) is 10.5 Å². The maximum atomic E-state index is 11.7. The summed E-state index contributed by atoms with van der Waals surface area (Å²) in [5, 5.41) is 13.8. The Morgan fingerprint density at radius 3 is 2.29 bits per heavy atom. The summed E-state index contributed by atoms with van der Waals surface area (Å²) in [6.45, 7) is 6.30. The molecule has 0 atom stereocenters. The number of hydrogen-bond acceptors (Lipinski definition) is 3. The van der Waals surface area contributed by atoms with Crippen molar-refractivity contribution in [2.45, 2.75) is 46.2 Å². The first-order valence-corrected chi connectivity index (χ1v) is 7.92. The molecule has 1 rings (SSSR count). The van der Waals surface area contributed by atoms with Gasteiger partial charge in [0.05, 0.1) is 0 Å². The number of nitrogens with zero attached hydrogens (tertiary/aromatic N) is 1. The number of amides is 3. The summed E-state index contributed by atoms with van der Waals surface area (Å²) < 4.78 is 0. The first-order chi connectivity index (χ1) is 11.3. The molecule has 132 valence electrons. The van der Waals surface area contributed by atoms with E-state index in [1.54, 1.807) is 24.0 Å². The Kier molecular flexibility index (Phi) is 7.74. The number of carbonyl (C=O) groups is 3. The molecular formula is C17H25N3O4. The zero-order chi connectivity index (χ0) is 18.1. The SMILES string of the molecule is CC(=O)N(Cc1ccc(NC(=O)NCCCC(=O)O)cc1)C(C)C. The molecule has 3 amide bonds. The van der Waals surface area contributed by atoms with Gasteiger partial charge in [0.15, 0.2) is 0 Å². The van der Waals surface area contributed by atoms with Gasteiger partial charge in [0.25, 0.3) is 0 Å². The molecule has 3 N–H and O–H groups in total. The highest BCUT2D eigenvalue weighted by Crippen LogP contribution is 2.13. The summed E-state index contributed by atoms with van der Waals surface area (Å²) in [5.74, 6) is -0.860. The topological polar surface area (TPSA) is 98.7 Å². The van der Waals surface area contributed by atoms with E-state index in [1.165, 1.54) is 0 Å². The molecule has 1 aromatic rings. The number of carbonyl (C=O) groups excluding carboxylic acids is 2. The van der Waals surface area contributed by atoms with Gasteiger partial charge in [-0.15, -0.1) is 0 Å². The smallest absolute Gasteiger partial charge is 0.319 e. The summed E-state index contributed by atoms with van der Waals surface area (Å²) in [7, 11) is 0. The number of carboxylic acids is 1. The van der Waals surface area contributed by atoms with Crippen LogP contribution < -0.4 is 10.6 Å². The van der Waals surface area contributed by atoms with Gasteiger partial charge >= 0.3 is 12.0 Å². The largest absolute Gasteiger partial charge is 0.481 e. The molecule has 0 aliphatic carbocycles. The lowest BCUT2D eigenvalue weighted by atomic mass is 10.1. The average molecular weight is 335 g/mol. The van der Waals surface area contributed by atoms with Crippen molar-refractivity contribution < 1.29 is 19.5 Å². The molecule has 1 aromatic carbocycles. The molecule has 0 bridgehead atoms. The van der Waals surface area contributed by atoms with Gasteiger partial charge in [-0.3, -0.25) is 9.59 Å². The number of anilines is 1. The second-order valence-corrected chi connectivity index (χ2v) is 5.82. The van der Waals surface area contributed by atoms with Crippen molar-refractivity contribution in [3.63, 3.8) is 0 Å². The van der Waals surface area contributed by atoms with Gasteiger partial charge in [-0.2, -0.15) is 0 Å². The fraction of sp³-hybridized carbons (Fsp3) is 0.471. The zero-order valence-corrected chi connectivity index (χ0v) is 14.3. The fourth-order valence-electron chi connectivity index (χ4n) is 2.16. The lowest BCUT2D eigenvalue weighted by Gasteiger charge is -2.25. The molecule has 0 saturated heterocycles. The molecule has 7 nitrogen and oxygen atoms in total. The minimum Gasteiger partial charge on any atom is -0.481 e. The number of hydrogen-bond donors (Lipinski definition) is 3. The first kappa shape index (κ1) is 19.5. The molecule has 7 heteroatoms. The maximum absolute atomic E-state index is 11.7. The Morgan fingerprint density at radius 1 is 1.17 bits per heavy atom. The van der Waals surface area contributed by atoms with E-state index in [-0.39, 0.29) is 24.4 Å². The number of urea groups is 1. The molecule has 0 radical (unpaired) electrons. The summed E-state index contributed by atoms with van der Waals surface area (Å²) in [6, 6.07) is 7.00. The van der Waals surface area contributed by atoms with E-state index in [0.29, 0.717) is 25.2 Å². The first-order valence-electron chi connectivity index (χ1n) is 7.92. The molecule has 0 aromatic heterocycles.